The molecule has 1 atom stereocenters. The lowest BCUT2D eigenvalue weighted by molar-refractivity contribution is 0.0947. The maximum atomic E-state index is 12.2. The van der Waals surface area contributed by atoms with Crippen molar-refractivity contribution < 1.29 is 4.79 Å². The van der Waals surface area contributed by atoms with Gasteiger partial charge in [-0.25, -0.2) is 4.98 Å². The van der Waals surface area contributed by atoms with Gasteiger partial charge in [0.15, 0.2) is 0 Å². The minimum absolute atomic E-state index is 0.0583. The molecule has 21 heavy (non-hydrogen) atoms. The Morgan fingerprint density at radius 1 is 1.52 bits per heavy atom. The molecule has 1 fully saturated rings. The maximum Gasteiger partial charge on any atom is 0.251 e. The third-order valence-corrected chi connectivity index (χ3v) is 4.26. The fourth-order valence-corrected chi connectivity index (χ4v) is 2.93. The quantitative estimate of drug-likeness (QED) is 0.851. The third-order valence-electron chi connectivity index (χ3n) is 4.07. The zero-order valence-corrected chi connectivity index (χ0v) is 13.8. The van der Waals surface area contributed by atoms with E-state index < -0.39 is 0 Å². The van der Waals surface area contributed by atoms with Crippen LogP contribution in [-0.2, 0) is 6.42 Å². The highest BCUT2D eigenvalue weighted by atomic mass is 35.5. The van der Waals surface area contributed by atoms with Crippen LogP contribution < -0.4 is 5.32 Å². The lowest BCUT2D eigenvalue weighted by Gasteiger charge is -2.20. The van der Waals surface area contributed by atoms with Gasteiger partial charge in [0.2, 0.25) is 0 Å². The largest absolute Gasteiger partial charge is 0.352 e. The normalized spacial score (nSPS) is 19.2. The number of aryl methyl sites for hydroxylation is 1. The molecule has 0 spiro atoms. The Labute approximate surface area is 131 Å². The standard InChI is InChI=1S/C16H24ClN3O/c1-4-14-7-13(8-15(17)19-14)16(21)18-9-12-5-6-20(10-12)11(2)3/h7-8,11-12H,4-6,9-10H2,1-3H3,(H,18,21). The van der Waals surface area contributed by atoms with Crippen LogP contribution in [0.15, 0.2) is 12.1 Å². The Hall–Kier alpha value is -1.13. The van der Waals surface area contributed by atoms with Crippen LogP contribution >= 0.6 is 11.6 Å². The van der Waals surface area contributed by atoms with E-state index in [1.807, 2.05) is 13.0 Å². The van der Waals surface area contributed by atoms with Crippen molar-refractivity contribution >= 4 is 17.5 Å². The van der Waals surface area contributed by atoms with Gasteiger partial charge in [-0.15, -0.1) is 0 Å². The summed E-state index contributed by atoms with van der Waals surface area (Å²) >= 11 is 5.96. The van der Waals surface area contributed by atoms with Gasteiger partial charge in [-0.2, -0.15) is 0 Å². The highest BCUT2D eigenvalue weighted by Crippen LogP contribution is 2.18. The molecular formula is C16H24ClN3O. The van der Waals surface area contributed by atoms with E-state index >= 15 is 0 Å². The van der Waals surface area contributed by atoms with E-state index in [0.717, 1.165) is 38.2 Å². The van der Waals surface area contributed by atoms with Gasteiger partial charge in [0, 0.05) is 30.4 Å². The summed E-state index contributed by atoms with van der Waals surface area (Å²) in [4.78, 5) is 18.9. The number of nitrogens with one attached hydrogen (secondary N) is 1. The Balaban J connectivity index is 1.89. The second kappa shape index (κ2) is 7.23. The van der Waals surface area contributed by atoms with Crippen molar-refractivity contribution in [3.63, 3.8) is 0 Å². The summed E-state index contributed by atoms with van der Waals surface area (Å²) in [7, 11) is 0. The number of carbonyl (C=O) groups is 1. The van der Waals surface area contributed by atoms with Gasteiger partial charge in [0.25, 0.3) is 5.91 Å². The van der Waals surface area contributed by atoms with Gasteiger partial charge in [-0.1, -0.05) is 18.5 Å². The topological polar surface area (TPSA) is 45.2 Å². The molecule has 0 saturated carbocycles. The molecule has 1 aliphatic heterocycles. The Kier molecular flexibility index (Phi) is 5.59. The Morgan fingerprint density at radius 3 is 2.90 bits per heavy atom. The number of rotatable bonds is 5. The van der Waals surface area contributed by atoms with E-state index in [1.54, 1.807) is 6.07 Å². The third kappa shape index (κ3) is 4.42. The minimum atomic E-state index is -0.0583. The number of pyridine rings is 1. The number of hydrogen-bond donors (Lipinski definition) is 1. The van der Waals surface area contributed by atoms with Crippen LogP contribution in [0, 0.1) is 5.92 Å². The van der Waals surface area contributed by atoms with Crippen LogP contribution in [0.4, 0.5) is 0 Å². The average Bonchev–Trinajstić information content (AvgIpc) is 2.93. The predicted octanol–water partition coefficient (Wildman–Crippen LogP) is 2.76. The van der Waals surface area contributed by atoms with Crippen LogP contribution in [0.3, 0.4) is 0 Å². The van der Waals surface area contributed by atoms with Crippen molar-refractivity contribution in [3.8, 4) is 0 Å². The lowest BCUT2D eigenvalue weighted by Crippen LogP contribution is -2.33. The van der Waals surface area contributed by atoms with Crippen LogP contribution in [0.25, 0.3) is 0 Å². The van der Waals surface area contributed by atoms with Crippen molar-refractivity contribution in [2.75, 3.05) is 19.6 Å². The zero-order chi connectivity index (χ0) is 15.4. The second-order valence-corrected chi connectivity index (χ2v) is 6.36. The van der Waals surface area contributed by atoms with Crippen LogP contribution in [0.2, 0.25) is 5.15 Å². The monoisotopic (exact) mass is 309 g/mol. The molecule has 116 valence electrons. The van der Waals surface area contributed by atoms with Gasteiger partial charge < -0.3 is 10.2 Å². The summed E-state index contributed by atoms with van der Waals surface area (Å²) in [6.07, 6.45) is 1.92. The molecule has 1 aliphatic rings. The van der Waals surface area contributed by atoms with E-state index in [-0.39, 0.29) is 5.91 Å². The van der Waals surface area contributed by atoms with Crippen LogP contribution in [0.5, 0.6) is 0 Å². The van der Waals surface area contributed by atoms with Gasteiger partial charge in [-0.05, 0) is 51.3 Å². The van der Waals surface area contributed by atoms with Crippen molar-refractivity contribution in [1.29, 1.82) is 0 Å². The number of amides is 1. The minimum Gasteiger partial charge on any atom is -0.352 e. The molecule has 1 N–H and O–H groups in total. The molecule has 1 saturated heterocycles. The number of carbonyl (C=O) groups excluding carboxylic acids is 1. The molecule has 1 aromatic rings. The van der Waals surface area contributed by atoms with E-state index in [4.69, 9.17) is 11.6 Å². The summed E-state index contributed by atoms with van der Waals surface area (Å²) < 4.78 is 0. The molecule has 4 nitrogen and oxygen atoms in total. The van der Waals surface area contributed by atoms with Gasteiger partial charge in [0.05, 0.1) is 0 Å². The first-order valence-corrected chi connectivity index (χ1v) is 8.06. The molecule has 5 heteroatoms. The second-order valence-electron chi connectivity index (χ2n) is 5.98. The summed E-state index contributed by atoms with van der Waals surface area (Å²) in [6.45, 7) is 9.34. The van der Waals surface area contributed by atoms with Crippen LogP contribution in [-0.4, -0.2) is 41.5 Å². The number of hydrogen-bond acceptors (Lipinski definition) is 3. The summed E-state index contributed by atoms with van der Waals surface area (Å²) in [5.41, 5.74) is 1.45. The van der Waals surface area contributed by atoms with Crippen molar-refractivity contribution in [1.82, 2.24) is 15.2 Å². The van der Waals surface area contributed by atoms with Crippen molar-refractivity contribution in [3.05, 3.63) is 28.5 Å². The zero-order valence-electron chi connectivity index (χ0n) is 13.0. The van der Waals surface area contributed by atoms with Gasteiger partial charge >= 0.3 is 0 Å². The molecule has 2 heterocycles. The predicted molar refractivity (Wildman–Crippen MR) is 85.8 cm³/mol. The molecule has 1 aromatic heterocycles. The maximum absolute atomic E-state index is 12.2. The highest BCUT2D eigenvalue weighted by molar-refractivity contribution is 6.29. The average molecular weight is 310 g/mol. The van der Waals surface area contributed by atoms with E-state index in [0.29, 0.717) is 22.7 Å². The first-order chi connectivity index (χ1) is 9.99. The molecular weight excluding hydrogens is 286 g/mol. The molecule has 0 bridgehead atoms. The number of halogens is 1. The molecule has 1 amide bonds. The fraction of sp³-hybridized carbons (Fsp3) is 0.625. The fourth-order valence-electron chi connectivity index (χ4n) is 2.70. The van der Waals surface area contributed by atoms with E-state index in [1.165, 1.54) is 0 Å². The molecule has 2 rings (SSSR count). The Morgan fingerprint density at radius 2 is 2.29 bits per heavy atom. The molecule has 0 aromatic carbocycles. The SMILES string of the molecule is CCc1cc(C(=O)NCC2CCN(C(C)C)C2)cc(Cl)n1. The Bertz CT molecular complexity index is 504. The molecule has 0 radical (unpaired) electrons. The lowest BCUT2D eigenvalue weighted by atomic mass is 10.1. The smallest absolute Gasteiger partial charge is 0.251 e. The summed E-state index contributed by atoms with van der Waals surface area (Å²) in [5, 5.41) is 3.41. The first-order valence-electron chi connectivity index (χ1n) is 7.68. The number of likely N-dealkylation sites (tertiary alicyclic amines) is 1. The number of nitrogens with zero attached hydrogens (tertiary/aromatic N) is 2. The summed E-state index contributed by atoms with van der Waals surface area (Å²) in [6, 6.07) is 4.03. The first kappa shape index (κ1) is 16.2. The van der Waals surface area contributed by atoms with Crippen molar-refractivity contribution in [2.24, 2.45) is 5.92 Å². The van der Waals surface area contributed by atoms with Crippen LogP contribution in [0.1, 0.15) is 43.2 Å². The van der Waals surface area contributed by atoms with Gasteiger partial charge in [-0.3, -0.25) is 4.79 Å². The highest BCUT2D eigenvalue weighted by Gasteiger charge is 2.24. The van der Waals surface area contributed by atoms with E-state index in [2.05, 4.69) is 29.0 Å². The summed E-state index contributed by atoms with van der Waals surface area (Å²) in [5.74, 6) is 0.483. The van der Waals surface area contributed by atoms with Gasteiger partial charge in [0.1, 0.15) is 5.15 Å². The van der Waals surface area contributed by atoms with E-state index in [9.17, 15) is 4.79 Å². The van der Waals surface area contributed by atoms with Crippen molar-refractivity contribution in [2.45, 2.75) is 39.7 Å². The number of aromatic nitrogens is 1. The molecule has 1 unspecified atom stereocenters. The molecule has 0 aliphatic carbocycles.